The second kappa shape index (κ2) is 10.7. The normalized spacial score (nSPS) is 15.5. The van der Waals surface area contributed by atoms with Gasteiger partial charge in [-0.05, 0) is 24.5 Å². The summed E-state index contributed by atoms with van der Waals surface area (Å²) in [4.78, 5) is 11.5. The van der Waals surface area contributed by atoms with Crippen LogP contribution in [0.5, 0.6) is 11.5 Å². The first-order valence-electron chi connectivity index (χ1n) is 12.9. The number of anilines is 3. The summed E-state index contributed by atoms with van der Waals surface area (Å²) in [6, 6.07) is 10.00. The van der Waals surface area contributed by atoms with E-state index in [1.165, 1.54) is 11.1 Å². The summed E-state index contributed by atoms with van der Waals surface area (Å²) >= 11 is 6.62. The molecule has 1 saturated heterocycles. The molecule has 4 heterocycles. The maximum Gasteiger partial charge on any atom is 0.227 e. The van der Waals surface area contributed by atoms with Gasteiger partial charge in [0.2, 0.25) is 5.95 Å². The van der Waals surface area contributed by atoms with Crippen molar-refractivity contribution in [3.63, 3.8) is 0 Å². The molecule has 2 aromatic carbocycles. The Hall–Kier alpha value is -3.53. The van der Waals surface area contributed by atoms with Crippen molar-refractivity contribution in [3.05, 3.63) is 53.3 Å². The second-order valence-electron chi connectivity index (χ2n) is 9.56. The number of aryl methyl sites for hydroxylation is 2. The number of morpholine rings is 1. The zero-order chi connectivity index (χ0) is 26.1. The summed E-state index contributed by atoms with van der Waals surface area (Å²) in [5, 5.41) is 4.90. The van der Waals surface area contributed by atoms with Crippen molar-refractivity contribution in [2.45, 2.75) is 19.4 Å². The highest BCUT2D eigenvalue weighted by Crippen LogP contribution is 2.39. The van der Waals surface area contributed by atoms with Gasteiger partial charge >= 0.3 is 0 Å². The van der Waals surface area contributed by atoms with E-state index in [0.717, 1.165) is 63.2 Å². The molecule has 2 aliphatic rings. The van der Waals surface area contributed by atoms with Crippen molar-refractivity contribution in [3.8, 4) is 22.8 Å². The number of ether oxygens (including phenoxy) is 3. The minimum absolute atomic E-state index is 0.398. The summed E-state index contributed by atoms with van der Waals surface area (Å²) in [5.41, 5.74) is 11.8. The maximum absolute atomic E-state index is 6.62. The van der Waals surface area contributed by atoms with Crippen molar-refractivity contribution in [1.82, 2.24) is 19.4 Å². The van der Waals surface area contributed by atoms with Crippen molar-refractivity contribution >= 4 is 39.8 Å². The molecule has 2 aliphatic heterocycles. The zero-order valence-corrected chi connectivity index (χ0v) is 22.1. The molecule has 2 aromatic heterocycles. The Morgan fingerprint density at radius 1 is 1.16 bits per heavy atom. The number of aromatic nitrogens is 3. The van der Waals surface area contributed by atoms with Gasteiger partial charge in [-0.15, -0.1) is 0 Å². The molecule has 0 saturated carbocycles. The van der Waals surface area contributed by atoms with Crippen LogP contribution in [0.3, 0.4) is 0 Å². The smallest absolute Gasteiger partial charge is 0.227 e. The molecule has 4 aromatic rings. The van der Waals surface area contributed by atoms with E-state index in [0.29, 0.717) is 46.1 Å². The van der Waals surface area contributed by atoms with Crippen LogP contribution in [-0.2, 0) is 17.7 Å². The Balaban J connectivity index is 1.24. The van der Waals surface area contributed by atoms with Crippen LogP contribution in [-0.4, -0.2) is 66.0 Å². The Bertz CT molecular complexity index is 1470. The summed E-state index contributed by atoms with van der Waals surface area (Å²) in [6.45, 7) is 5.66. The number of halogens is 1. The standard InChI is InChI=1S/C28H31ClN6O3/c1-36-25-15-24(38-13-10-34-8-11-37-12-9-34)22(30)14-23(25)32-28-31-16-21(29)26(33-28)20-17-35-7-3-5-18-4-2-6-19(20)27(18)35/h2,4,6,14-17H,3,5,7-13,30H2,1H3,(H,31,32,33). The van der Waals surface area contributed by atoms with E-state index >= 15 is 0 Å². The number of methoxy groups -OCH3 is 1. The van der Waals surface area contributed by atoms with Crippen molar-refractivity contribution in [1.29, 1.82) is 0 Å². The molecule has 0 spiro atoms. The molecule has 1 fully saturated rings. The van der Waals surface area contributed by atoms with Crippen LogP contribution in [0.1, 0.15) is 12.0 Å². The fourth-order valence-corrected chi connectivity index (χ4v) is 5.45. The third-order valence-electron chi connectivity index (χ3n) is 7.17. The number of rotatable bonds is 8. The van der Waals surface area contributed by atoms with Crippen LogP contribution in [0.15, 0.2) is 42.7 Å². The number of para-hydroxylation sites is 1. The molecule has 0 unspecified atom stereocenters. The lowest BCUT2D eigenvalue weighted by atomic mass is 10.0. The van der Waals surface area contributed by atoms with Crippen LogP contribution in [0, 0.1) is 0 Å². The van der Waals surface area contributed by atoms with Gasteiger partial charge < -0.3 is 29.8 Å². The highest BCUT2D eigenvalue weighted by Gasteiger charge is 2.20. The average molecular weight is 535 g/mol. The number of benzene rings is 2. The van der Waals surface area contributed by atoms with Crippen molar-refractivity contribution in [2.24, 2.45) is 0 Å². The number of nitrogens with two attached hydrogens (primary N) is 1. The van der Waals surface area contributed by atoms with Crippen LogP contribution in [0.25, 0.3) is 22.2 Å². The Morgan fingerprint density at radius 3 is 2.87 bits per heavy atom. The van der Waals surface area contributed by atoms with Gasteiger partial charge in [0.05, 0.1) is 54.1 Å². The summed E-state index contributed by atoms with van der Waals surface area (Å²) in [5.74, 6) is 1.55. The van der Waals surface area contributed by atoms with Crippen LogP contribution in [0.2, 0.25) is 5.02 Å². The molecule has 198 valence electrons. The zero-order valence-electron chi connectivity index (χ0n) is 21.4. The summed E-state index contributed by atoms with van der Waals surface area (Å²) in [7, 11) is 1.61. The Kier molecular flexibility index (Phi) is 6.97. The topological polar surface area (TPSA) is 99.7 Å². The van der Waals surface area contributed by atoms with Gasteiger partial charge in [0.1, 0.15) is 18.1 Å². The van der Waals surface area contributed by atoms with E-state index in [9.17, 15) is 0 Å². The van der Waals surface area contributed by atoms with Gasteiger partial charge in [-0.2, -0.15) is 0 Å². The highest BCUT2D eigenvalue weighted by atomic mass is 35.5. The molecule has 0 amide bonds. The predicted molar refractivity (Wildman–Crippen MR) is 150 cm³/mol. The van der Waals surface area contributed by atoms with Crippen LogP contribution < -0.4 is 20.5 Å². The molecule has 0 radical (unpaired) electrons. The molecule has 10 heteroatoms. The van der Waals surface area contributed by atoms with Gasteiger partial charge in [-0.3, -0.25) is 4.90 Å². The fourth-order valence-electron chi connectivity index (χ4n) is 5.26. The van der Waals surface area contributed by atoms with E-state index in [4.69, 9.17) is 36.5 Å². The minimum atomic E-state index is 0.398. The second-order valence-corrected chi connectivity index (χ2v) is 9.97. The number of hydrogen-bond donors (Lipinski definition) is 2. The molecule has 38 heavy (non-hydrogen) atoms. The molecule has 6 rings (SSSR count). The summed E-state index contributed by atoms with van der Waals surface area (Å²) < 4.78 is 19.3. The van der Waals surface area contributed by atoms with Gasteiger partial charge in [0.25, 0.3) is 0 Å². The molecule has 0 aliphatic carbocycles. The van der Waals surface area contributed by atoms with Gasteiger partial charge in [-0.25, -0.2) is 9.97 Å². The molecule has 0 bridgehead atoms. The summed E-state index contributed by atoms with van der Waals surface area (Å²) in [6.07, 6.45) is 5.97. The highest BCUT2D eigenvalue weighted by molar-refractivity contribution is 6.33. The predicted octanol–water partition coefficient (Wildman–Crippen LogP) is 4.74. The molecule has 0 atom stereocenters. The fraction of sp³-hybridized carbons (Fsp3) is 0.357. The quantitative estimate of drug-likeness (QED) is 0.313. The largest absolute Gasteiger partial charge is 0.494 e. The number of hydrogen-bond acceptors (Lipinski definition) is 8. The Labute approximate surface area is 226 Å². The molecule has 3 N–H and O–H groups in total. The van der Waals surface area contributed by atoms with Crippen LogP contribution >= 0.6 is 11.6 Å². The average Bonchev–Trinajstić information content (AvgIpc) is 3.32. The molecular weight excluding hydrogens is 504 g/mol. The monoisotopic (exact) mass is 534 g/mol. The lowest BCUT2D eigenvalue weighted by Crippen LogP contribution is -2.38. The van der Waals surface area contributed by atoms with E-state index in [-0.39, 0.29) is 0 Å². The lowest BCUT2D eigenvalue weighted by molar-refractivity contribution is 0.0323. The van der Waals surface area contributed by atoms with E-state index < -0.39 is 0 Å². The van der Waals surface area contributed by atoms with Crippen molar-refractivity contribution in [2.75, 3.05) is 57.6 Å². The molecular formula is C28H31ClN6O3. The van der Waals surface area contributed by atoms with E-state index in [1.54, 1.807) is 25.4 Å². The first kappa shape index (κ1) is 24.8. The first-order valence-corrected chi connectivity index (χ1v) is 13.3. The first-order chi connectivity index (χ1) is 18.6. The SMILES string of the molecule is COc1cc(OCCN2CCOCC2)c(N)cc1Nc1ncc(Cl)c(-c2cn3c4c(cccc24)CCC3)n1. The third-order valence-corrected chi connectivity index (χ3v) is 7.45. The number of nitrogens with one attached hydrogen (secondary N) is 1. The van der Waals surface area contributed by atoms with Gasteiger partial charge in [0.15, 0.2) is 0 Å². The Morgan fingerprint density at radius 2 is 2.03 bits per heavy atom. The number of nitrogens with zero attached hydrogens (tertiary/aromatic N) is 4. The van der Waals surface area contributed by atoms with E-state index in [2.05, 4.69) is 44.2 Å². The third kappa shape index (κ3) is 4.84. The van der Waals surface area contributed by atoms with Crippen molar-refractivity contribution < 1.29 is 14.2 Å². The maximum atomic E-state index is 6.62. The van der Waals surface area contributed by atoms with Gasteiger partial charge in [0, 0.05) is 49.4 Å². The minimum Gasteiger partial charge on any atom is -0.494 e. The van der Waals surface area contributed by atoms with Gasteiger partial charge in [-0.1, -0.05) is 29.8 Å². The van der Waals surface area contributed by atoms with Crippen LogP contribution in [0.4, 0.5) is 17.3 Å². The number of nitrogen functional groups attached to an aromatic ring is 1. The van der Waals surface area contributed by atoms with E-state index in [1.807, 2.05) is 0 Å². The lowest BCUT2D eigenvalue weighted by Gasteiger charge is -2.26. The molecule has 9 nitrogen and oxygen atoms in total.